The summed E-state index contributed by atoms with van der Waals surface area (Å²) in [5.41, 5.74) is 7.33. The highest BCUT2D eigenvalue weighted by atomic mass is 19.1. The Bertz CT molecular complexity index is 1350. The molecule has 11 heteroatoms. The highest BCUT2D eigenvalue weighted by Gasteiger charge is 2.27. The highest BCUT2D eigenvalue weighted by Crippen LogP contribution is 2.31. The minimum Gasteiger partial charge on any atom is -0.494 e. The van der Waals surface area contributed by atoms with Crippen LogP contribution in [0.25, 0.3) is 16.6 Å². The van der Waals surface area contributed by atoms with Crippen LogP contribution in [0, 0.1) is 5.82 Å². The summed E-state index contributed by atoms with van der Waals surface area (Å²) in [4.78, 5) is 11.4. The molecule has 0 saturated carbocycles. The van der Waals surface area contributed by atoms with Gasteiger partial charge in [0, 0.05) is 36.7 Å². The number of halogens is 1. The first kappa shape index (κ1) is 22.3. The standard InChI is InChI=1S/C23H29FN8O2/c1-4-23(2,33)13-31-12-15(10-26-31)30-7-5-6-14(11-30)20-28-21-16-8-17(24)19(34-3)9-18(16)27-22(25)32(21)29-20/h8-10,12,14,33H,4-7,11,13H2,1-3H3,(H2,25,27)/t14-,23+/m1/s1. The van der Waals surface area contributed by atoms with E-state index in [0.717, 1.165) is 31.6 Å². The molecule has 4 aromatic rings. The van der Waals surface area contributed by atoms with Crippen molar-refractivity contribution in [2.24, 2.45) is 0 Å². The maximum Gasteiger partial charge on any atom is 0.223 e. The Kier molecular flexibility index (Phi) is 5.51. The van der Waals surface area contributed by atoms with Crippen molar-refractivity contribution >= 4 is 28.2 Å². The van der Waals surface area contributed by atoms with Gasteiger partial charge in [-0.05, 0) is 32.3 Å². The van der Waals surface area contributed by atoms with E-state index in [1.165, 1.54) is 23.8 Å². The van der Waals surface area contributed by atoms with Crippen LogP contribution >= 0.6 is 0 Å². The van der Waals surface area contributed by atoms with E-state index >= 15 is 0 Å². The third-order valence-electron chi connectivity index (χ3n) is 6.62. The van der Waals surface area contributed by atoms with Gasteiger partial charge in [0.2, 0.25) is 5.95 Å². The lowest BCUT2D eigenvalue weighted by Gasteiger charge is -2.32. The third-order valence-corrected chi connectivity index (χ3v) is 6.62. The van der Waals surface area contributed by atoms with E-state index in [-0.39, 0.29) is 17.6 Å². The lowest BCUT2D eigenvalue weighted by atomic mass is 9.97. The number of aromatic nitrogens is 6. The number of benzene rings is 1. The lowest BCUT2D eigenvalue weighted by Crippen LogP contribution is -2.34. The predicted octanol–water partition coefficient (Wildman–Crippen LogP) is 2.75. The molecule has 0 unspecified atom stereocenters. The number of rotatable bonds is 6. The van der Waals surface area contributed by atoms with E-state index in [0.29, 0.717) is 35.3 Å². The Morgan fingerprint density at radius 1 is 1.32 bits per heavy atom. The largest absolute Gasteiger partial charge is 0.494 e. The molecule has 3 N–H and O–H groups in total. The lowest BCUT2D eigenvalue weighted by molar-refractivity contribution is 0.0345. The Morgan fingerprint density at radius 2 is 2.15 bits per heavy atom. The third kappa shape index (κ3) is 4.00. The molecule has 3 aromatic heterocycles. The molecule has 1 saturated heterocycles. The van der Waals surface area contributed by atoms with Gasteiger partial charge in [0.05, 0.1) is 36.7 Å². The molecule has 34 heavy (non-hydrogen) atoms. The van der Waals surface area contributed by atoms with Crippen LogP contribution in [0.4, 0.5) is 16.0 Å². The number of nitrogens with zero attached hydrogens (tertiary/aromatic N) is 7. The average Bonchev–Trinajstić information content (AvgIpc) is 3.47. The van der Waals surface area contributed by atoms with Crippen LogP contribution in [0.15, 0.2) is 24.5 Å². The fraction of sp³-hybridized carbons (Fsp3) is 0.478. The maximum atomic E-state index is 14.4. The van der Waals surface area contributed by atoms with Crippen LogP contribution in [0.1, 0.15) is 44.9 Å². The van der Waals surface area contributed by atoms with Crippen molar-refractivity contribution in [3.05, 3.63) is 36.2 Å². The zero-order valence-corrected chi connectivity index (χ0v) is 19.6. The molecule has 0 bridgehead atoms. The van der Waals surface area contributed by atoms with Crippen LogP contribution in [0.2, 0.25) is 0 Å². The molecule has 0 spiro atoms. The van der Waals surface area contributed by atoms with Crippen LogP contribution < -0.4 is 15.4 Å². The fourth-order valence-electron chi connectivity index (χ4n) is 4.46. The van der Waals surface area contributed by atoms with Gasteiger partial charge in [-0.25, -0.2) is 14.4 Å². The normalized spacial score (nSPS) is 18.5. The maximum absolute atomic E-state index is 14.4. The van der Waals surface area contributed by atoms with Crippen LogP contribution in [-0.2, 0) is 6.54 Å². The number of nitrogen functional groups attached to an aromatic ring is 1. The number of hydrogen-bond donors (Lipinski definition) is 2. The van der Waals surface area contributed by atoms with Crippen molar-refractivity contribution in [3.63, 3.8) is 0 Å². The van der Waals surface area contributed by atoms with E-state index in [2.05, 4.69) is 20.1 Å². The molecular weight excluding hydrogens is 439 g/mol. The molecule has 180 valence electrons. The van der Waals surface area contributed by atoms with Crippen molar-refractivity contribution in [1.82, 2.24) is 29.4 Å². The van der Waals surface area contributed by atoms with Gasteiger partial charge >= 0.3 is 0 Å². The number of nitrogens with two attached hydrogens (primary N) is 1. The van der Waals surface area contributed by atoms with Gasteiger partial charge in [-0.15, -0.1) is 5.10 Å². The van der Waals surface area contributed by atoms with E-state index in [1.807, 2.05) is 26.2 Å². The molecule has 0 radical (unpaired) electrons. The molecule has 1 aliphatic heterocycles. The number of anilines is 2. The van der Waals surface area contributed by atoms with Gasteiger partial charge in [-0.1, -0.05) is 6.92 Å². The Balaban J connectivity index is 1.44. The van der Waals surface area contributed by atoms with E-state index in [4.69, 9.17) is 15.5 Å². The van der Waals surface area contributed by atoms with Crippen molar-refractivity contribution in [2.45, 2.75) is 51.2 Å². The minimum atomic E-state index is -0.797. The van der Waals surface area contributed by atoms with Gasteiger partial charge in [0.1, 0.15) is 0 Å². The molecule has 2 atom stereocenters. The van der Waals surface area contributed by atoms with Gasteiger partial charge in [0.25, 0.3) is 0 Å². The molecule has 0 amide bonds. The number of aliphatic hydroxyl groups is 1. The predicted molar refractivity (Wildman–Crippen MR) is 127 cm³/mol. The zero-order valence-electron chi connectivity index (χ0n) is 19.6. The summed E-state index contributed by atoms with van der Waals surface area (Å²) in [5.74, 6) is 0.534. The van der Waals surface area contributed by atoms with Crippen molar-refractivity contribution in [2.75, 3.05) is 30.8 Å². The topological polar surface area (TPSA) is 120 Å². The number of ether oxygens (including phenoxy) is 1. The first-order valence-electron chi connectivity index (χ1n) is 11.5. The summed E-state index contributed by atoms with van der Waals surface area (Å²) in [6.45, 7) is 5.83. The fourth-order valence-corrected chi connectivity index (χ4v) is 4.46. The molecule has 1 aliphatic rings. The number of methoxy groups -OCH3 is 1. The summed E-state index contributed by atoms with van der Waals surface area (Å²) in [6, 6.07) is 2.88. The van der Waals surface area contributed by atoms with Gasteiger partial charge in [-0.3, -0.25) is 4.68 Å². The van der Waals surface area contributed by atoms with E-state index < -0.39 is 11.4 Å². The van der Waals surface area contributed by atoms with Crippen molar-refractivity contribution in [1.29, 1.82) is 0 Å². The molecule has 0 aliphatic carbocycles. The second kappa shape index (κ2) is 8.39. The molecule has 10 nitrogen and oxygen atoms in total. The first-order valence-corrected chi connectivity index (χ1v) is 11.5. The number of hydrogen-bond acceptors (Lipinski definition) is 8. The van der Waals surface area contributed by atoms with E-state index in [9.17, 15) is 9.50 Å². The van der Waals surface area contributed by atoms with Crippen molar-refractivity contribution < 1.29 is 14.2 Å². The Morgan fingerprint density at radius 3 is 2.91 bits per heavy atom. The van der Waals surface area contributed by atoms with Gasteiger partial charge < -0.3 is 20.5 Å². The summed E-state index contributed by atoms with van der Waals surface area (Å²) in [6.07, 6.45) is 6.35. The first-order chi connectivity index (χ1) is 16.3. The molecule has 5 rings (SSSR count). The Labute approximate surface area is 196 Å². The summed E-state index contributed by atoms with van der Waals surface area (Å²) >= 11 is 0. The average molecular weight is 469 g/mol. The summed E-state index contributed by atoms with van der Waals surface area (Å²) in [7, 11) is 1.41. The molecule has 1 aromatic carbocycles. The van der Waals surface area contributed by atoms with Gasteiger partial charge in [-0.2, -0.15) is 9.61 Å². The quantitative estimate of drug-likeness (QED) is 0.443. The second-order valence-electron chi connectivity index (χ2n) is 9.21. The highest BCUT2D eigenvalue weighted by molar-refractivity contribution is 5.93. The van der Waals surface area contributed by atoms with Crippen molar-refractivity contribution in [3.8, 4) is 5.75 Å². The van der Waals surface area contributed by atoms with Crippen LogP contribution in [-0.4, -0.2) is 60.3 Å². The van der Waals surface area contributed by atoms with Gasteiger partial charge in [0.15, 0.2) is 23.0 Å². The summed E-state index contributed by atoms with van der Waals surface area (Å²) in [5, 5.41) is 20.0. The van der Waals surface area contributed by atoms with Crippen LogP contribution in [0.5, 0.6) is 5.75 Å². The smallest absolute Gasteiger partial charge is 0.223 e. The van der Waals surface area contributed by atoms with Crippen LogP contribution in [0.3, 0.4) is 0 Å². The molecule has 4 heterocycles. The zero-order chi connectivity index (χ0) is 24.0. The SMILES string of the molecule is CC[C@](C)(O)Cn1cc(N2CCC[C@@H](c3nc4c5cc(F)c(OC)cc5nc(N)n4n3)C2)cn1. The monoisotopic (exact) mass is 468 g/mol. The molecule has 1 fully saturated rings. The summed E-state index contributed by atoms with van der Waals surface area (Å²) < 4.78 is 22.7. The second-order valence-corrected chi connectivity index (χ2v) is 9.21. The Hall–Kier alpha value is -3.47. The number of fused-ring (bicyclic) bond motifs is 3. The molecular formula is C23H29FN8O2. The number of piperidine rings is 1. The minimum absolute atomic E-state index is 0.0771. The van der Waals surface area contributed by atoms with E-state index in [1.54, 1.807) is 4.68 Å².